The third-order valence-electron chi connectivity index (χ3n) is 5.03. The van der Waals surface area contributed by atoms with Crippen molar-refractivity contribution < 1.29 is 13.2 Å². The molecule has 0 bridgehead atoms. The van der Waals surface area contributed by atoms with Crippen molar-refractivity contribution in [2.24, 2.45) is 5.10 Å². The van der Waals surface area contributed by atoms with E-state index in [0.717, 1.165) is 18.7 Å². The van der Waals surface area contributed by atoms with E-state index in [1.807, 2.05) is 19.1 Å². The molecular weight excluding hydrogens is 386 g/mol. The Morgan fingerprint density at radius 2 is 1.62 bits per heavy atom. The number of hydrogen-bond acceptors (Lipinski definition) is 5. The fourth-order valence-corrected chi connectivity index (χ4v) is 4.23. The lowest BCUT2D eigenvalue weighted by molar-refractivity contribution is 0.340. The molecule has 0 aromatic heterocycles. The van der Waals surface area contributed by atoms with E-state index < -0.39 is 10.0 Å². The summed E-state index contributed by atoms with van der Waals surface area (Å²) < 4.78 is 30.3. The van der Waals surface area contributed by atoms with E-state index in [0.29, 0.717) is 18.1 Å². The number of benzene rings is 2. The summed E-state index contributed by atoms with van der Waals surface area (Å²) in [6.07, 6.45) is 5.06. The van der Waals surface area contributed by atoms with Gasteiger partial charge in [-0.2, -0.15) is 18.4 Å². The van der Waals surface area contributed by atoms with Crippen LogP contribution in [0.25, 0.3) is 0 Å². The van der Waals surface area contributed by atoms with Gasteiger partial charge in [-0.1, -0.05) is 25.0 Å². The van der Waals surface area contributed by atoms with Crippen molar-refractivity contribution in [2.45, 2.75) is 44.4 Å². The molecule has 156 valence electrons. The lowest BCUT2D eigenvalue weighted by Gasteiger charge is -2.22. The molecule has 0 aliphatic carbocycles. The summed E-state index contributed by atoms with van der Waals surface area (Å²) in [6, 6.07) is 14.4. The summed E-state index contributed by atoms with van der Waals surface area (Å²) in [5.74, 6) is 0.635. The fourth-order valence-electron chi connectivity index (χ4n) is 3.37. The van der Waals surface area contributed by atoms with E-state index in [9.17, 15) is 8.42 Å². The van der Waals surface area contributed by atoms with Gasteiger partial charge in [-0.25, -0.2) is 0 Å². The van der Waals surface area contributed by atoms with Gasteiger partial charge in [-0.3, -0.25) is 0 Å². The van der Waals surface area contributed by atoms with Gasteiger partial charge in [0.2, 0.25) is 0 Å². The molecule has 0 atom stereocenters. The fraction of sp³-hybridized carbons (Fsp3) is 0.409. The van der Waals surface area contributed by atoms with Gasteiger partial charge in [-0.15, -0.1) is 0 Å². The Kier molecular flexibility index (Phi) is 7.14. The number of rotatable bonds is 7. The number of hydrogen-bond donors (Lipinski definition) is 1. The second kappa shape index (κ2) is 9.78. The molecule has 2 aromatic carbocycles. The van der Waals surface area contributed by atoms with E-state index in [-0.39, 0.29) is 4.90 Å². The third-order valence-corrected chi connectivity index (χ3v) is 6.26. The second-order valence-electron chi connectivity index (χ2n) is 7.14. The number of nitrogens with one attached hydrogen (secondary N) is 1. The van der Waals surface area contributed by atoms with E-state index in [4.69, 9.17) is 4.74 Å². The Hall–Kier alpha value is -2.54. The number of anilines is 1. The van der Waals surface area contributed by atoms with Crippen LogP contribution in [0.1, 0.15) is 45.1 Å². The molecule has 1 fully saturated rings. The van der Waals surface area contributed by atoms with Crippen LogP contribution in [-0.2, 0) is 10.0 Å². The Labute approximate surface area is 173 Å². The van der Waals surface area contributed by atoms with Crippen molar-refractivity contribution in [3.8, 4) is 5.75 Å². The maximum atomic E-state index is 12.5. The molecule has 0 saturated carbocycles. The predicted molar refractivity (Wildman–Crippen MR) is 117 cm³/mol. The average Bonchev–Trinajstić information content (AvgIpc) is 3.02. The summed E-state index contributed by atoms with van der Waals surface area (Å²) in [4.78, 5) is 4.88. The highest BCUT2D eigenvalue weighted by Gasteiger charge is 2.14. The molecule has 0 spiro atoms. The van der Waals surface area contributed by atoms with Crippen LogP contribution in [0.4, 0.5) is 5.69 Å². The quantitative estimate of drug-likeness (QED) is 0.544. The van der Waals surface area contributed by atoms with Crippen molar-refractivity contribution in [2.75, 3.05) is 24.6 Å². The van der Waals surface area contributed by atoms with E-state index in [1.165, 1.54) is 43.5 Å². The molecule has 0 radical (unpaired) electrons. The largest absolute Gasteiger partial charge is 0.494 e. The standard InChI is InChI=1S/C22H29N3O3S/c1-3-28-21-12-14-22(15-13-21)29(26,27)24-23-18(2)19-8-10-20(11-9-19)25-16-6-4-5-7-17-25/h8-15,24H,3-7,16-17H2,1-2H3/b23-18+. The monoisotopic (exact) mass is 415 g/mol. The first kappa shape index (κ1) is 21.2. The first-order valence-corrected chi connectivity index (χ1v) is 11.6. The van der Waals surface area contributed by atoms with E-state index >= 15 is 0 Å². The molecule has 2 aromatic rings. The SMILES string of the molecule is CCOc1ccc(S(=O)(=O)N/N=C(\C)c2ccc(N3CCCCCC3)cc2)cc1. The van der Waals surface area contributed by atoms with Crippen LogP contribution in [0.5, 0.6) is 5.75 Å². The zero-order valence-corrected chi connectivity index (χ0v) is 17.9. The lowest BCUT2D eigenvalue weighted by atomic mass is 10.1. The molecular formula is C22H29N3O3S. The van der Waals surface area contributed by atoms with Crippen LogP contribution in [0, 0.1) is 0 Å². The van der Waals surface area contributed by atoms with E-state index in [2.05, 4.69) is 27.0 Å². The van der Waals surface area contributed by atoms with Gasteiger partial charge in [0.25, 0.3) is 10.0 Å². The Morgan fingerprint density at radius 3 is 2.21 bits per heavy atom. The van der Waals surface area contributed by atoms with Gasteiger partial charge in [0, 0.05) is 18.8 Å². The minimum absolute atomic E-state index is 0.147. The van der Waals surface area contributed by atoms with Crippen LogP contribution >= 0.6 is 0 Å². The van der Waals surface area contributed by atoms with Crippen molar-refractivity contribution in [3.63, 3.8) is 0 Å². The average molecular weight is 416 g/mol. The summed E-state index contributed by atoms with van der Waals surface area (Å²) in [5.41, 5.74) is 2.71. The van der Waals surface area contributed by atoms with Crippen molar-refractivity contribution in [1.82, 2.24) is 4.83 Å². The first-order chi connectivity index (χ1) is 14.0. The molecule has 29 heavy (non-hydrogen) atoms. The van der Waals surface area contributed by atoms with Crippen LogP contribution in [0.15, 0.2) is 58.5 Å². The minimum atomic E-state index is -3.73. The molecule has 0 unspecified atom stereocenters. The van der Waals surface area contributed by atoms with Gasteiger partial charge >= 0.3 is 0 Å². The van der Waals surface area contributed by atoms with Gasteiger partial charge in [0.05, 0.1) is 17.2 Å². The van der Waals surface area contributed by atoms with Crippen molar-refractivity contribution >= 4 is 21.4 Å². The number of hydrazone groups is 1. The third kappa shape index (κ3) is 5.73. The summed E-state index contributed by atoms with van der Waals surface area (Å²) >= 11 is 0. The van der Waals surface area contributed by atoms with Crippen molar-refractivity contribution in [3.05, 3.63) is 54.1 Å². The number of ether oxygens (including phenoxy) is 1. The molecule has 0 amide bonds. The normalized spacial score (nSPS) is 15.7. The molecule has 7 heteroatoms. The molecule has 3 rings (SSSR count). The highest BCUT2D eigenvalue weighted by atomic mass is 32.2. The van der Waals surface area contributed by atoms with Gasteiger partial charge in [0.15, 0.2) is 0 Å². The second-order valence-corrected chi connectivity index (χ2v) is 8.81. The summed E-state index contributed by atoms with van der Waals surface area (Å²) in [5, 5.41) is 4.09. The molecule has 1 saturated heterocycles. The van der Waals surface area contributed by atoms with Crippen LogP contribution in [0.2, 0.25) is 0 Å². The summed E-state index contributed by atoms with van der Waals surface area (Å²) in [6.45, 7) is 6.39. The number of nitrogens with zero attached hydrogens (tertiary/aromatic N) is 2. The van der Waals surface area contributed by atoms with Gasteiger partial charge in [0.1, 0.15) is 5.75 Å². The van der Waals surface area contributed by atoms with Crippen LogP contribution in [-0.4, -0.2) is 33.8 Å². The predicted octanol–water partition coefficient (Wildman–Crippen LogP) is 4.17. The zero-order valence-electron chi connectivity index (χ0n) is 17.1. The highest BCUT2D eigenvalue weighted by molar-refractivity contribution is 7.89. The van der Waals surface area contributed by atoms with E-state index in [1.54, 1.807) is 19.1 Å². The first-order valence-electron chi connectivity index (χ1n) is 10.1. The van der Waals surface area contributed by atoms with Crippen LogP contribution < -0.4 is 14.5 Å². The Balaban J connectivity index is 1.66. The van der Waals surface area contributed by atoms with Gasteiger partial charge in [-0.05, 0) is 68.7 Å². The molecule has 1 heterocycles. The Bertz CT molecular complexity index is 915. The highest BCUT2D eigenvalue weighted by Crippen LogP contribution is 2.20. The topological polar surface area (TPSA) is 71.0 Å². The van der Waals surface area contributed by atoms with Gasteiger partial charge < -0.3 is 9.64 Å². The molecule has 6 nitrogen and oxygen atoms in total. The maximum Gasteiger partial charge on any atom is 0.276 e. The maximum absolute atomic E-state index is 12.5. The minimum Gasteiger partial charge on any atom is -0.494 e. The summed E-state index contributed by atoms with van der Waals surface area (Å²) in [7, 11) is -3.73. The number of sulfonamides is 1. The van der Waals surface area contributed by atoms with Crippen LogP contribution in [0.3, 0.4) is 0 Å². The lowest BCUT2D eigenvalue weighted by Crippen LogP contribution is -2.23. The molecule has 1 aliphatic heterocycles. The van der Waals surface area contributed by atoms with Crippen molar-refractivity contribution in [1.29, 1.82) is 0 Å². The zero-order chi connectivity index (χ0) is 20.7. The molecule has 1 N–H and O–H groups in total. The Morgan fingerprint density at radius 1 is 1.00 bits per heavy atom. The molecule has 1 aliphatic rings. The smallest absolute Gasteiger partial charge is 0.276 e.